The number of carbonyl (C=O) groups is 2. The second-order valence-corrected chi connectivity index (χ2v) is 8.42. The molecule has 2 atom stereocenters. The average Bonchev–Trinajstić information content (AvgIpc) is 3.14. The van der Waals surface area contributed by atoms with Gasteiger partial charge in [0.1, 0.15) is 5.03 Å². The number of hydrogen-bond donors (Lipinski definition) is 1. The number of Topliss-reactive ketones (excluding diaryl/α,β-unsaturated/α-hetero) is 1. The molecule has 1 amide bonds. The van der Waals surface area contributed by atoms with E-state index in [9.17, 15) is 9.59 Å². The average molecular weight is 385 g/mol. The molecule has 2 bridgehead atoms. The Hall–Kier alpha value is -2.12. The first-order valence-electron chi connectivity index (χ1n) is 9.32. The zero-order valence-corrected chi connectivity index (χ0v) is 16.3. The Morgan fingerprint density at radius 1 is 1.22 bits per heavy atom. The zero-order valence-electron chi connectivity index (χ0n) is 15.5. The van der Waals surface area contributed by atoms with Crippen LogP contribution in [0.1, 0.15) is 47.6 Å². The van der Waals surface area contributed by atoms with Gasteiger partial charge in [0, 0.05) is 35.5 Å². The van der Waals surface area contributed by atoms with Crippen LogP contribution in [0.15, 0.2) is 44.8 Å². The van der Waals surface area contributed by atoms with E-state index in [2.05, 4.69) is 22.3 Å². The van der Waals surface area contributed by atoms with E-state index in [1.54, 1.807) is 6.07 Å². The van der Waals surface area contributed by atoms with Crippen molar-refractivity contribution in [3.8, 4) is 0 Å². The van der Waals surface area contributed by atoms with Gasteiger partial charge in [-0.3, -0.25) is 14.5 Å². The van der Waals surface area contributed by atoms with Crippen LogP contribution in [0.5, 0.6) is 0 Å². The summed E-state index contributed by atoms with van der Waals surface area (Å²) in [5.41, 5.74) is 0.660. The summed E-state index contributed by atoms with van der Waals surface area (Å²) in [6.45, 7) is 5.95. The molecule has 5 rings (SSSR count). The third-order valence-corrected chi connectivity index (χ3v) is 6.56. The Kier molecular flexibility index (Phi) is 5.06. The van der Waals surface area contributed by atoms with Gasteiger partial charge in [-0.05, 0) is 63.0 Å². The first-order valence-corrected chi connectivity index (χ1v) is 10.1. The van der Waals surface area contributed by atoms with Crippen molar-refractivity contribution in [2.45, 2.75) is 48.7 Å². The molecule has 0 spiro atoms. The number of rotatable bonds is 5. The smallest absolute Gasteiger partial charge is 0.251 e. The second-order valence-electron chi connectivity index (χ2n) is 7.33. The molecule has 0 aliphatic carbocycles. The molecular weight excluding hydrogens is 362 g/mol. The normalized spacial score (nSPS) is 26.7. The molecule has 3 saturated heterocycles. The quantitative estimate of drug-likeness (QED) is 0.797. The first-order chi connectivity index (χ1) is 13.0. The van der Waals surface area contributed by atoms with Gasteiger partial charge in [0.25, 0.3) is 5.91 Å². The Labute approximate surface area is 162 Å². The number of hydrogen-bond acceptors (Lipinski definition) is 6. The number of ketones is 1. The predicted octanol–water partition coefficient (Wildman–Crippen LogP) is 3.24. The van der Waals surface area contributed by atoms with Crippen LogP contribution < -0.4 is 5.32 Å². The summed E-state index contributed by atoms with van der Waals surface area (Å²) in [5.74, 6) is 0.673. The first kappa shape index (κ1) is 18.3. The van der Waals surface area contributed by atoms with Crippen molar-refractivity contribution in [1.29, 1.82) is 0 Å². The molecule has 0 unspecified atom stereocenters. The maximum atomic E-state index is 12.7. The molecule has 1 aromatic heterocycles. The Morgan fingerprint density at radius 3 is 2.52 bits per heavy atom. The summed E-state index contributed by atoms with van der Waals surface area (Å²) in [6, 6.07) is 9.70. The topological polar surface area (TPSA) is 75.4 Å². The van der Waals surface area contributed by atoms with E-state index in [1.165, 1.54) is 31.5 Å². The molecule has 3 fully saturated rings. The summed E-state index contributed by atoms with van der Waals surface area (Å²) in [4.78, 5) is 27.4. The van der Waals surface area contributed by atoms with Crippen LogP contribution in [-0.4, -0.2) is 46.9 Å². The lowest BCUT2D eigenvalue weighted by Crippen LogP contribution is -2.62. The molecule has 6 nitrogen and oxygen atoms in total. The number of nitrogens with one attached hydrogen (secondary N) is 1. The van der Waals surface area contributed by atoms with Crippen LogP contribution in [0.25, 0.3) is 0 Å². The van der Waals surface area contributed by atoms with E-state index >= 15 is 0 Å². The Bertz CT molecular complexity index is 838. The van der Waals surface area contributed by atoms with E-state index in [4.69, 9.17) is 4.52 Å². The fraction of sp³-hybridized carbons (Fsp3) is 0.450. The van der Waals surface area contributed by atoms with Crippen molar-refractivity contribution in [2.75, 3.05) is 13.1 Å². The van der Waals surface area contributed by atoms with E-state index in [0.717, 1.165) is 18.0 Å². The van der Waals surface area contributed by atoms with Gasteiger partial charge in [-0.25, -0.2) is 0 Å². The van der Waals surface area contributed by atoms with Gasteiger partial charge in [0.05, 0.1) is 0 Å². The minimum Gasteiger partial charge on any atom is -0.352 e. The highest BCUT2D eigenvalue weighted by atomic mass is 32.2. The molecule has 142 valence electrons. The van der Waals surface area contributed by atoms with Crippen molar-refractivity contribution in [2.24, 2.45) is 5.92 Å². The number of nitrogens with zero attached hydrogens (tertiary/aromatic N) is 2. The molecule has 0 radical (unpaired) electrons. The summed E-state index contributed by atoms with van der Waals surface area (Å²) < 4.78 is 4.99. The maximum Gasteiger partial charge on any atom is 0.251 e. The largest absolute Gasteiger partial charge is 0.352 e. The summed E-state index contributed by atoms with van der Waals surface area (Å²) in [5, 5.41) is 7.75. The molecular formula is C20H23N3O3S. The van der Waals surface area contributed by atoms with Crippen LogP contribution in [0.4, 0.5) is 0 Å². The van der Waals surface area contributed by atoms with Crippen molar-refractivity contribution in [1.82, 2.24) is 15.4 Å². The van der Waals surface area contributed by atoms with Crippen molar-refractivity contribution < 1.29 is 14.1 Å². The molecule has 27 heavy (non-hydrogen) atoms. The lowest BCUT2D eigenvalue weighted by Gasteiger charge is -2.49. The van der Waals surface area contributed by atoms with E-state index in [0.29, 0.717) is 22.5 Å². The van der Waals surface area contributed by atoms with Crippen molar-refractivity contribution >= 4 is 23.5 Å². The molecule has 3 aliphatic heterocycles. The number of carbonyl (C=O) groups excluding carboxylic acids is 2. The third kappa shape index (κ3) is 3.80. The fourth-order valence-electron chi connectivity index (χ4n) is 4.05. The highest BCUT2D eigenvalue weighted by Gasteiger charge is 2.40. The molecule has 1 N–H and O–H groups in total. The molecule has 1 aromatic carbocycles. The fourth-order valence-corrected chi connectivity index (χ4v) is 4.80. The number of piperidine rings is 3. The molecule has 3 aliphatic rings. The van der Waals surface area contributed by atoms with Gasteiger partial charge in [-0.1, -0.05) is 16.9 Å². The van der Waals surface area contributed by atoms with E-state index in [1.807, 2.05) is 24.3 Å². The SMILES string of the molecule is CC(=O)c1cc(Sc2ccc(C(=O)N[C@@H]3C4CCN(CC4)[C@H]3C)cc2)no1. The highest BCUT2D eigenvalue weighted by Crippen LogP contribution is 2.32. The van der Waals surface area contributed by atoms with E-state index < -0.39 is 0 Å². The highest BCUT2D eigenvalue weighted by molar-refractivity contribution is 7.99. The van der Waals surface area contributed by atoms with Gasteiger partial charge in [-0.2, -0.15) is 0 Å². The van der Waals surface area contributed by atoms with Crippen LogP contribution in [0.2, 0.25) is 0 Å². The lowest BCUT2D eigenvalue weighted by atomic mass is 9.79. The van der Waals surface area contributed by atoms with Crippen LogP contribution >= 0.6 is 11.8 Å². The third-order valence-electron chi connectivity index (χ3n) is 5.65. The molecule has 7 heteroatoms. The monoisotopic (exact) mass is 385 g/mol. The summed E-state index contributed by atoms with van der Waals surface area (Å²) in [7, 11) is 0. The van der Waals surface area contributed by atoms with Crippen LogP contribution in [0, 0.1) is 5.92 Å². The van der Waals surface area contributed by atoms with Gasteiger partial charge in [-0.15, -0.1) is 0 Å². The minimum atomic E-state index is -0.150. The Balaban J connectivity index is 1.39. The zero-order chi connectivity index (χ0) is 19.0. The van der Waals surface area contributed by atoms with E-state index in [-0.39, 0.29) is 23.5 Å². The van der Waals surface area contributed by atoms with Crippen molar-refractivity contribution in [3.05, 3.63) is 41.7 Å². The standard InChI is InChI=1S/C20H23N3O3S/c1-12-19(14-7-9-23(12)10-8-14)21-20(25)15-3-5-16(6-4-15)27-18-11-17(13(2)24)26-22-18/h3-6,11-12,14,19H,7-10H2,1-2H3,(H,21,25)/t12-,19-/m0/s1. The van der Waals surface area contributed by atoms with Crippen LogP contribution in [0.3, 0.4) is 0 Å². The van der Waals surface area contributed by atoms with Crippen molar-refractivity contribution in [3.63, 3.8) is 0 Å². The lowest BCUT2D eigenvalue weighted by molar-refractivity contribution is 0.0217. The van der Waals surface area contributed by atoms with Gasteiger partial charge < -0.3 is 9.84 Å². The number of benzene rings is 1. The molecule has 2 aromatic rings. The number of fused-ring (bicyclic) bond motifs is 3. The molecule has 0 saturated carbocycles. The second kappa shape index (κ2) is 7.48. The number of aromatic nitrogens is 1. The maximum absolute atomic E-state index is 12.7. The number of amides is 1. The summed E-state index contributed by atoms with van der Waals surface area (Å²) in [6.07, 6.45) is 2.34. The molecule has 4 heterocycles. The minimum absolute atomic E-state index is 0.0162. The van der Waals surface area contributed by atoms with Gasteiger partial charge in [0.15, 0.2) is 5.78 Å². The summed E-state index contributed by atoms with van der Waals surface area (Å²) >= 11 is 1.40. The van der Waals surface area contributed by atoms with Crippen LogP contribution in [-0.2, 0) is 0 Å². The predicted molar refractivity (Wildman–Crippen MR) is 102 cm³/mol. The van der Waals surface area contributed by atoms with Gasteiger partial charge in [0.2, 0.25) is 5.76 Å². The van der Waals surface area contributed by atoms with Gasteiger partial charge >= 0.3 is 0 Å². The Morgan fingerprint density at radius 2 is 1.93 bits per heavy atom.